The third kappa shape index (κ3) is 3.79. The highest BCUT2D eigenvalue weighted by Crippen LogP contribution is 2.56. The third-order valence-corrected chi connectivity index (χ3v) is 9.48. The van der Waals surface area contributed by atoms with Crippen LogP contribution in [0.5, 0.6) is 0 Å². The Balaban J connectivity index is 0.860. The topological polar surface area (TPSA) is 98.3 Å². The van der Waals surface area contributed by atoms with Crippen molar-refractivity contribution < 1.29 is 23.1 Å². The molecule has 2 amide bonds. The summed E-state index contributed by atoms with van der Waals surface area (Å²) in [6.07, 6.45) is 2.95. The van der Waals surface area contributed by atoms with Crippen LogP contribution in [0.2, 0.25) is 0 Å². The summed E-state index contributed by atoms with van der Waals surface area (Å²) in [6.45, 7) is 2.97. The third-order valence-electron chi connectivity index (χ3n) is 9.48. The van der Waals surface area contributed by atoms with Gasteiger partial charge in [-0.2, -0.15) is 23.5 Å². The van der Waals surface area contributed by atoms with Gasteiger partial charge in [-0.15, -0.1) is 0 Å². The van der Waals surface area contributed by atoms with E-state index >= 15 is 0 Å². The molecule has 1 aromatic carbocycles. The Labute approximate surface area is 218 Å². The van der Waals surface area contributed by atoms with Crippen LogP contribution < -0.4 is 0 Å². The molecule has 8 nitrogen and oxygen atoms in total. The van der Waals surface area contributed by atoms with E-state index in [2.05, 4.69) is 10.1 Å². The van der Waals surface area contributed by atoms with E-state index in [1.54, 1.807) is 18.5 Å². The number of halogens is 3. The molecule has 2 spiro atoms. The number of amides is 2. The molecule has 3 saturated carbocycles. The molecular weight excluding hydrogens is 497 g/mol. The fourth-order valence-electron chi connectivity index (χ4n) is 7.34. The number of likely N-dealkylation sites (tertiary alicyclic amines) is 2. The van der Waals surface area contributed by atoms with Gasteiger partial charge in [0.2, 0.25) is 0 Å². The molecule has 200 valence electrons. The van der Waals surface area contributed by atoms with Crippen LogP contribution in [0.3, 0.4) is 0 Å². The maximum atomic E-state index is 13.3. The highest BCUT2D eigenvalue weighted by atomic mass is 19.4. The molecule has 2 aliphatic heterocycles. The number of aromatic nitrogens is 3. The summed E-state index contributed by atoms with van der Waals surface area (Å²) < 4.78 is 41.6. The number of nitriles is 1. The molecular formula is C27H29F3N6O2. The number of benzene rings is 1. The molecule has 0 bridgehead atoms. The lowest BCUT2D eigenvalue weighted by atomic mass is 9.56. The van der Waals surface area contributed by atoms with Gasteiger partial charge in [0.15, 0.2) is 5.82 Å². The monoisotopic (exact) mass is 526 g/mol. The van der Waals surface area contributed by atoms with Crippen LogP contribution >= 0.6 is 0 Å². The molecule has 11 heteroatoms. The van der Waals surface area contributed by atoms with Gasteiger partial charge in [0.05, 0.1) is 23.2 Å². The molecule has 0 atom stereocenters. The number of urea groups is 1. The normalized spacial score (nSPS) is 24.8. The van der Waals surface area contributed by atoms with E-state index in [0.29, 0.717) is 23.7 Å². The largest absolute Gasteiger partial charge is 0.417 e. The quantitative estimate of drug-likeness (QED) is 0.653. The average molecular weight is 527 g/mol. The lowest BCUT2D eigenvalue weighted by Crippen LogP contribution is -2.71. The molecule has 1 N–H and O–H groups in total. The lowest BCUT2D eigenvalue weighted by Gasteiger charge is -2.63. The van der Waals surface area contributed by atoms with E-state index < -0.39 is 17.3 Å². The van der Waals surface area contributed by atoms with Gasteiger partial charge in [0, 0.05) is 37.0 Å². The van der Waals surface area contributed by atoms with Gasteiger partial charge in [-0.05, 0) is 68.6 Å². The number of nitrogens with zero attached hydrogens (tertiary/aromatic N) is 6. The smallest absolute Gasteiger partial charge is 0.382 e. The fourth-order valence-corrected chi connectivity index (χ4v) is 7.34. The zero-order valence-electron chi connectivity index (χ0n) is 20.9. The summed E-state index contributed by atoms with van der Waals surface area (Å²) in [5.41, 5.74) is -1.13. The van der Waals surface area contributed by atoms with Crippen molar-refractivity contribution in [2.24, 2.45) is 16.7 Å². The predicted molar refractivity (Wildman–Crippen MR) is 127 cm³/mol. The highest BCUT2D eigenvalue weighted by Gasteiger charge is 2.58. The van der Waals surface area contributed by atoms with E-state index in [0.717, 1.165) is 70.8 Å². The van der Waals surface area contributed by atoms with Gasteiger partial charge in [-0.25, -0.2) is 14.5 Å². The van der Waals surface area contributed by atoms with Crippen molar-refractivity contribution in [3.05, 3.63) is 47.0 Å². The second kappa shape index (κ2) is 7.72. The number of carbonyl (C=O) groups excluding carboxylic acids is 1. The first-order valence-electron chi connectivity index (χ1n) is 13.3. The SMILES string of the molecule is N#Cc1ccc(CC2CC3(C2)CN(C(=O)N2CC4(CC(n5cnc(C6(O)CC6)n5)C4)C2)C3)cc1C(F)(F)F. The number of aliphatic hydroxyl groups is 1. The second-order valence-electron chi connectivity index (χ2n) is 12.6. The van der Waals surface area contributed by atoms with Crippen molar-refractivity contribution in [3.63, 3.8) is 0 Å². The van der Waals surface area contributed by atoms with Gasteiger partial charge in [0.25, 0.3) is 0 Å². The zero-order chi connectivity index (χ0) is 26.5. The van der Waals surface area contributed by atoms with Crippen molar-refractivity contribution in [2.75, 3.05) is 26.2 Å². The first-order valence-corrected chi connectivity index (χ1v) is 13.3. The minimum Gasteiger partial charge on any atom is -0.382 e. The van der Waals surface area contributed by atoms with Gasteiger partial charge in [-0.1, -0.05) is 6.07 Å². The standard InChI is InChI=1S/C27H29F3N6O2/c28-27(29,30)21-6-17(1-2-19(21)11-31)5-18-7-24(8-18)12-34(13-24)23(37)35-14-25(15-35)9-20(10-25)36-16-32-22(33-36)26(38)3-4-26/h1-2,6,16,18,20,38H,3-5,7-10,12-15H2. The lowest BCUT2D eigenvalue weighted by molar-refractivity contribution is -0.137. The van der Waals surface area contributed by atoms with E-state index in [-0.39, 0.29) is 28.5 Å². The minimum absolute atomic E-state index is 0.0917. The molecule has 5 aliphatic rings. The molecule has 0 radical (unpaired) electrons. The summed E-state index contributed by atoms with van der Waals surface area (Å²) in [4.78, 5) is 21.1. The van der Waals surface area contributed by atoms with Gasteiger partial charge in [0.1, 0.15) is 11.9 Å². The van der Waals surface area contributed by atoms with E-state index in [4.69, 9.17) is 5.26 Å². The first-order chi connectivity index (χ1) is 18.0. The van der Waals surface area contributed by atoms with Crippen LogP contribution in [0.1, 0.15) is 67.1 Å². The average Bonchev–Trinajstić information content (AvgIpc) is 3.32. The summed E-state index contributed by atoms with van der Waals surface area (Å²) >= 11 is 0. The zero-order valence-corrected chi connectivity index (χ0v) is 20.9. The van der Waals surface area contributed by atoms with Crippen LogP contribution in [-0.2, 0) is 18.2 Å². The number of hydrogen-bond acceptors (Lipinski definition) is 5. The predicted octanol–water partition coefficient (Wildman–Crippen LogP) is 3.86. The summed E-state index contributed by atoms with van der Waals surface area (Å²) in [5, 5.41) is 23.7. The second-order valence-corrected chi connectivity index (χ2v) is 12.6. The summed E-state index contributed by atoms with van der Waals surface area (Å²) in [6, 6.07) is 6.00. The number of hydrogen-bond donors (Lipinski definition) is 1. The van der Waals surface area contributed by atoms with E-state index in [9.17, 15) is 23.1 Å². The van der Waals surface area contributed by atoms with Gasteiger partial charge >= 0.3 is 12.2 Å². The molecule has 1 aromatic heterocycles. The summed E-state index contributed by atoms with van der Waals surface area (Å²) in [7, 11) is 0. The Kier molecular flexibility index (Phi) is 4.86. The van der Waals surface area contributed by atoms with E-state index in [1.165, 1.54) is 6.07 Å². The minimum atomic E-state index is -4.54. The molecule has 7 rings (SSSR count). The maximum absolute atomic E-state index is 13.3. The highest BCUT2D eigenvalue weighted by molar-refractivity contribution is 5.77. The van der Waals surface area contributed by atoms with Crippen LogP contribution in [0, 0.1) is 28.1 Å². The Morgan fingerprint density at radius 2 is 1.71 bits per heavy atom. The van der Waals surface area contributed by atoms with Gasteiger partial charge < -0.3 is 14.9 Å². The van der Waals surface area contributed by atoms with Gasteiger partial charge in [-0.3, -0.25) is 0 Å². The van der Waals surface area contributed by atoms with Crippen molar-refractivity contribution in [1.82, 2.24) is 24.6 Å². The number of rotatable bonds is 4. The molecule has 5 fully saturated rings. The Bertz CT molecular complexity index is 1330. The van der Waals surface area contributed by atoms with Crippen LogP contribution in [0.25, 0.3) is 0 Å². The van der Waals surface area contributed by atoms with Crippen molar-refractivity contribution in [2.45, 2.75) is 62.8 Å². The van der Waals surface area contributed by atoms with Crippen molar-refractivity contribution >= 4 is 6.03 Å². The van der Waals surface area contributed by atoms with Crippen molar-refractivity contribution in [1.29, 1.82) is 5.26 Å². The maximum Gasteiger partial charge on any atom is 0.417 e. The number of carbonyl (C=O) groups is 1. The van der Waals surface area contributed by atoms with Crippen LogP contribution in [0.15, 0.2) is 24.5 Å². The molecule has 2 saturated heterocycles. The molecule has 0 unspecified atom stereocenters. The Morgan fingerprint density at radius 3 is 2.29 bits per heavy atom. The number of alkyl halides is 3. The van der Waals surface area contributed by atoms with Crippen LogP contribution in [0.4, 0.5) is 18.0 Å². The van der Waals surface area contributed by atoms with Crippen molar-refractivity contribution in [3.8, 4) is 6.07 Å². The molecule has 3 heterocycles. The van der Waals surface area contributed by atoms with E-state index in [1.807, 2.05) is 14.5 Å². The molecule has 38 heavy (non-hydrogen) atoms. The molecule has 2 aromatic rings. The Morgan fingerprint density at radius 1 is 1.08 bits per heavy atom. The summed E-state index contributed by atoms with van der Waals surface area (Å²) in [5.74, 6) is 0.829. The van der Waals surface area contributed by atoms with Crippen LogP contribution in [-0.4, -0.2) is 61.9 Å². The fraction of sp³-hybridized carbons (Fsp3) is 0.630. The Hall–Kier alpha value is -3.13. The molecule has 3 aliphatic carbocycles. The first kappa shape index (κ1) is 23.9.